The van der Waals surface area contributed by atoms with Gasteiger partial charge in [0.15, 0.2) is 5.82 Å². The average molecular weight is 365 g/mol. The van der Waals surface area contributed by atoms with Crippen LogP contribution in [0.3, 0.4) is 0 Å². The van der Waals surface area contributed by atoms with Crippen molar-refractivity contribution >= 4 is 23.8 Å². The second kappa shape index (κ2) is 7.22. The van der Waals surface area contributed by atoms with Gasteiger partial charge in [-0.25, -0.2) is 4.98 Å². The summed E-state index contributed by atoms with van der Waals surface area (Å²) in [6, 6.07) is 14.9. The Bertz CT molecular complexity index is 939. The van der Waals surface area contributed by atoms with Crippen LogP contribution in [0.5, 0.6) is 0 Å². The van der Waals surface area contributed by atoms with E-state index in [0.29, 0.717) is 34.8 Å². The number of aromatic nitrogens is 3. The van der Waals surface area contributed by atoms with E-state index in [2.05, 4.69) is 20.3 Å². The topological polar surface area (TPSA) is 67.8 Å². The number of hydrogen-bond acceptors (Lipinski definition) is 5. The number of benzene rings is 2. The summed E-state index contributed by atoms with van der Waals surface area (Å²) >= 11 is 6.10. The maximum Gasteiger partial charge on any atom is 0.226 e. The molecule has 0 amide bonds. The van der Waals surface area contributed by atoms with Gasteiger partial charge in [-0.15, -0.1) is 0 Å². The van der Waals surface area contributed by atoms with Crippen molar-refractivity contribution in [3.8, 4) is 11.4 Å². The molecule has 1 fully saturated rings. The quantitative estimate of drug-likeness (QED) is 0.652. The van der Waals surface area contributed by atoms with E-state index in [0.717, 1.165) is 36.1 Å². The summed E-state index contributed by atoms with van der Waals surface area (Å²) in [5.41, 5.74) is 2.58. The van der Waals surface area contributed by atoms with Crippen LogP contribution in [-0.2, 0) is 6.54 Å². The zero-order valence-corrected chi connectivity index (χ0v) is 14.8. The molecule has 5 nitrogen and oxygen atoms in total. The Balaban J connectivity index is 1.59. The Kier molecular flexibility index (Phi) is 4.63. The fourth-order valence-electron chi connectivity index (χ4n) is 2.65. The summed E-state index contributed by atoms with van der Waals surface area (Å²) in [5, 5.41) is 3.92. The van der Waals surface area contributed by atoms with Gasteiger partial charge in [0.05, 0.1) is 0 Å². The van der Waals surface area contributed by atoms with Crippen molar-refractivity contribution in [3.63, 3.8) is 0 Å². The molecule has 1 N–H and O–H groups in total. The van der Waals surface area contributed by atoms with Gasteiger partial charge in [-0.05, 0) is 30.5 Å². The maximum absolute atomic E-state index is 10.7. The standard InChI is InChI=1S/C20H17ClN4O/c21-17-3-1-2-16(10-17)19-23-18(15-8-9-15)24-20(25-19)22-11-13-4-6-14(12-26)7-5-13/h1-7,10,12,15H,8-9,11H2,(H,22,23,24,25). The van der Waals surface area contributed by atoms with E-state index in [1.807, 2.05) is 36.4 Å². The number of rotatable bonds is 6. The molecule has 6 heteroatoms. The smallest absolute Gasteiger partial charge is 0.226 e. The summed E-state index contributed by atoms with van der Waals surface area (Å²) in [7, 11) is 0. The zero-order chi connectivity index (χ0) is 17.9. The lowest BCUT2D eigenvalue weighted by molar-refractivity contribution is 0.112. The van der Waals surface area contributed by atoms with Gasteiger partial charge in [-0.3, -0.25) is 4.79 Å². The number of carbonyl (C=O) groups is 1. The molecule has 1 aromatic heterocycles. The lowest BCUT2D eigenvalue weighted by Crippen LogP contribution is -2.08. The maximum atomic E-state index is 10.7. The van der Waals surface area contributed by atoms with Gasteiger partial charge in [0.25, 0.3) is 0 Å². The van der Waals surface area contributed by atoms with Crippen molar-refractivity contribution in [1.29, 1.82) is 0 Å². The van der Waals surface area contributed by atoms with Crippen molar-refractivity contribution in [2.45, 2.75) is 25.3 Å². The molecule has 1 heterocycles. The second-order valence-corrected chi connectivity index (χ2v) is 6.77. The zero-order valence-electron chi connectivity index (χ0n) is 14.0. The first-order valence-electron chi connectivity index (χ1n) is 8.51. The molecule has 3 aromatic rings. The Labute approximate surface area is 156 Å². The number of halogens is 1. The van der Waals surface area contributed by atoms with E-state index < -0.39 is 0 Å². The molecular weight excluding hydrogens is 348 g/mol. The Hall–Kier alpha value is -2.79. The highest BCUT2D eigenvalue weighted by Gasteiger charge is 2.28. The SMILES string of the molecule is O=Cc1ccc(CNc2nc(-c3cccc(Cl)c3)nc(C3CC3)n2)cc1. The summed E-state index contributed by atoms with van der Waals surface area (Å²) in [5.74, 6) is 2.43. The van der Waals surface area contributed by atoms with E-state index in [1.54, 1.807) is 12.1 Å². The highest BCUT2D eigenvalue weighted by molar-refractivity contribution is 6.30. The molecule has 2 aromatic carbocycles. The predicted octanol–water partition coefficient (Wildman–Crippen LogP) is 4.49. The molecular formula is C20H17ClN4O. The first kappa shape index (κ1) is 16.7. The Morgan fingerprint density at radius 3 is 2.58 bits per heavy atom. The summed E-state index contributed by atoms with van der Waals surface area (Å²) in [6.45, 7) is 0.572. The minimum absolute atomic E-state index is 0.420. The second-order valence-electron chi connectivity index (χ2n) is 6.34. The molecule has 0 radical (unpaired) electrons. The molecule has 1 aliphatic rings. The van der Waals surface area contributed by atoms with Crippen LogP contribution in [0.4, 0.5) is 5.95 Å². The minimum atomic E-state index is 0.420. The van der Waals surface area contributed by atoms with Crippen LogP contribution in [0, 0.1) is 0 Å². The van der Waals surface area contributed by atoms with Crippen molar-refractivity contribution in [2.24, 2.45) is 0 Å². The van der Waals surface area contributed by atoms with Crippen LogP contribution in [0.2, 0.25) is 5.02 Å². The molecule has 1 aliphatic carbocycles. The lowest BCUT2D eigenvalue weighted by Gasteiger charge is -2.09. The fraction of sp³-hybridized carbons (Fsp3) is 0.200. The summed E-state index contributed by atoms with van der Waals surface area (Å²) in [6.07, 6.45) is 3.07. The van der Waals surface area contributed by atoms with Gasteiger partial charge < -0.3 is 5.32 Å². The van der Waals surface area contributed by atoms with Gasteiger partial charge in [0.2, 0.25) is 5.95 Å². The molecule has 0 aliphatic heterocycles. The molecule has 0 unspecified atom stereocenters. The largest absolute Gasteiger partial charge is 0.350 e. The third kappa shape index (κ3) is 3.89. The number of carbonyl (C=O) groups excluding carboxylic acids is 1. The normalized spacial score (nSPS) is 13.4. The van der Waals surface area contributed by atoms with E-state index in [1.165, 1.54) is 0 Å². The first-order valence-corrected chi connectivity index (χ1v) is 8.89. The van der Waals surface area contributed by atoms with Crippen molar-refractivity contribution in [2.75, 3.05) is 5.32 Å². The van der Waals surface area contributed by atoms with Crippen molar-refractivity contribution < 1.29 is 4.79 Å². The van der Waals surface area contributed by atoms with Crippen LogP contribution in [-0.4, -0.2) is 21.2 Å². The molecule has 1 saturated carbocycles. The van der Waals surface area contributed by atoms with Crippen LogP contribution in [0.25, 0.3) is 11.4 Å². The average Bonchev–Trinajstić information content (AvgIpc) is 3.52. The van der Waals surface area contributed by atoms with Gasteiger partial charge in [0, 0.05) is 28.6 Å². The van der Waals surface area contributed by atoms with Crippen LogP contribution in [0.1, 0.15) is 40.5 Å². The number of nitrogens with zero attached hydrogens (tertiary/aromatic N) is 3. The molecule has 0 bridgehead atoms. The Morgan fingerprint density at radius 2 is 1.88 bits per heavy atom. The Morgan fingerprint density at radius 1 is 1.08 bits per heavy atom. The highest BCUT2D eigenvalue weighted by Crippen LogP contribution is 2.38. The molecule has 4 rings (SSSR count). The monoisotopic (exact) mass is 364 g/mol. The van der Waals surface area contributed by atoms with E-state index in [4.69, 9.17) is 11.6 Å². The van der Waals surface area contributed by atoms with E-state index in [-0.39, 0.29) is 0 Å². The third-order valence-electron chi connectivity index (χ3n) is 4.24. The van der Waals surface area contributed by atoms with E-state index >= 15 is 0 Å². The first-order chi connectivity index (χ1) is 12.7. The van der Waals surface area contributed by atoms with Crippen LogP contribution in [0.15, 0.2) is 48.5 Å². The number of hydrogen-bond donors (Lipinski definition) is 1. The number of aldehydes is 1. The van der Waals surface area contributed by atoms with E-state index in [9.17, 15) is 4.79 Å². The molecule has 26 heavy (non-hydrogen) atoms. The molecule has 0 saturated heterocycles. The van der Waals surface area contributed by atoms with Gasteiger partial charge >= 0.3 is 0 Å². The lowest BCUT2D eigenvalue weighted by atomic mass is 10.1. The minimum Gasteiger partial charge on any atom is -0.350 e. The summed E-state index contributed by atoms with van der Waals surface area (Å²) < 4.78 is 0. The van der Waals surface area contributed by atoms with Gasteiger partial charge in [0.1, 0.15) is 12.1 Å². The molecule has 0 atom stereocenters. The molecule has 130 valence electrons. The number of nitrogens with one attached hydrogen (secondary N) is 1. The van der Waals surface area contributed by atoms with Gasteiger partial charge in [-0.1, -0.05) is 48.0 Å². The van der Waals surface area contributed by atoms with Crippen LogP contribution >= 0.6 is 11.6 Å². The fourth-order valence-corrected chi connectivity index (χ4v) is 2.84. The highest BCUT2D eigenvalue weighted by atomic mass is 35.5. The van der Waals surface area contributed by atoms with Gasteiger partial charge in [-0.2, -0.15) is 9.97 Å². The third-order valence-corrected chi connectivity index (χ3v) is 4.48. The van der Waals surface area contributed by atoms with Crippen molar-refractivity contribution in [1.82, 2.24) is 15.0 Å². The summed E-state index contributed by atoms with van der Waals surface area (Å²) in [4.78, 5) is 24.5. The van der Waals surface area contributed by atoms with Crippen molar-refractivity contribution in [3.05, 3.63) is 70.5 Å². The molecule has 0 spiro atoms. The predicted molar refractivity (Wildman–Crippen MR) is 101 cm³/mol. The number of anilines is 1. The van der Waals surface area contributed by atoms with Crippen LogP contribution < -0.4 is 5.32 Å².